The molecule has 1 atom stereocenters. The summed E-state index contributed by atoms with van der Waals surface area (Å²) in [4.78, 5) is 24.6. The fourth-order valence-corrected chi connectivity index (χ4v) is 3.77. The average Bonchev–Trinajstić information content (AvgIpc) is 3.07. The maximum Gasteiger partial charge on any atom is 0.315 e. The van der Waals surface area contributed by atoms with E-state index < -0.39 is 28.2 Å². The number of aromatic nitrogens is 2. The third kappa shape index (κ3) is 3.93. The molecule has 1 aliphatic rings. The normalized spacial score (nSPS) is 19.2. The number of nitrogens with zero attached hydrogens (tertiary/aromatic N) is 2. The first kappa shape index (κ1) is 20.4. The van der Waals surface area contributed by atoms with Gasteiger partial charge in [0.25, 0.3) is 5.91 Å². The van der Waals surface area contributed by atoms with E-state index in [1.165, 1.54) is 0 Å². The number of hydrogen-bond acceptors (Lipinski definition) is 4. The minimum atomic E-state index is -1.14. The van der Waals surface area contributed by atoms with Gasteiger partial charge in [0.05, 0.1) is 11.4 Å². The van der Waals surface area contributed by atoms with Crippen molar-refractivity contribution >= 4 is 40.9 Å². The zero-order valence-corrected chi connectivity index (χ0v) is 17.7. The van der Waals surface area contributed by atoms with Gasteiger partial charge in [0.2, 0.25) is 0 Å². The average molecular weight is 444 g/mol. The first-order valence-electron chi connectivity index (χ1n) is 9.36. The SMILES string of the molecule is CC1(C(=O)OCC(=O)Nc2cc(-c3ccccc3)nn2-c2ccccc2)CC1(Cl)Cl. The van der Waals surface area contributed by atoms with Crippen LogP contribution in [0.15, 0.2) is 66.7 Å². The lowest BCUT2D eigenvalue weighted by atomic mass is 10.1. The Morgan fingerprint density at radius 1 is 1.10 bits per heavy atom. The minimum absolute atomic E-state index is 0.296. The van der Waals surface area contributed by atoms with E-state index in [-0.39, 0.29) is 0 Å². The molecule has 8 heteroatoms. The van der Waals surface area contributed by atoms with E-state index >= 15 is 0 Å². The molecule has 4 rings (SSSR count). The van der Waals surface area contributed by atoms with Crippen molar-refractivity contribution in [1.82, 2.24) is 9.78 Å². The van der Waals surface area contributed by atoms with Crippen LogP contribution < -0.4 is 5.32 Å². The summed E-state index contributed by atoms with van der Waals surface area (Å²) in [6.07, 6.45) is 0.296. The monoisotopic (exact) mass is 443 g/mol. The predicted molar refractivity (Wildman–Crippen MR) is 116 cm³/mol. The predicted octanol–water partition coefficient (Wildman–Crippen LogP) is 4.60. The highest BCUT2D eigenvalue weighted by atomic mass is 35.5. The number of para-hydroxylation sites is 1. The molecule has 0 radical (unpaired) electrons. The molecule has 3 aromatic rings. The van der Waals surface area contributed by atoms with Crippen LogP contribution in [0.5, 0.6) is 0 Å². The Morgan fingerprint density at radius 3 is 2.30 bits per heavy atom. The molecule has 0 aliphatic heterocycles. The number of carbonyl (C=O) groups excluding carboxylic acids is 2. The molecule has 2 aromatic carbocycles. The highest BCUT2D eigenvalue weighted by Gasteiger charge is 2.69. The van der Waals surface area contributed by atoms with Gasteiger partial charge in [-0.3, -0.25) is 9.59 Å². The number of amides is 1. The number of alkyl halides is 2. The fourth-order valence-electron chi connectivity index (χ4n) is 3.08. The maximum atomic E-state index is 12.5. The van der Waals surface area contributed by atoms with Crippen molar-refractivity contribution in [2.24, 2.45) is 5.41 Å². The number of anilines is 1. The molecular formula is C22H19Cl2N3O3. The minimum Gasteiger partial charge on any atom is -0.455 e. The van der Waals surface area contributed by atoms with Crippen LogP contribution in [-0.4, -0.2) is 32.6 Å². The lowest BCUT2D eigenvalue weighted by Gasteiger charge is -2.12. The van der Waals surface area contributed by atoms with Gasteiger partial charge in [0.1, 0.15) is 15.6 Å². The zero-order chi connectivity index (χ0) is 21.4. The van der Waals surface area contributed by atoms with Gasteiger partial charge in [0.15, 0.2) is 6.61 Å². The van der Waals surface area contributed by atoms with Gasteiger partial charge in [0, 0.05) is 18.1 Å². The van der Waals surface area contributed by atoms with Crippen molar-refractivity contribution in [1.29, 1.82) is 0 Å². The summed E-state index contributed by atoms with van der Waals surface area (Å²) >= 11 is 12.0. The summed E-state index contributed by atoms with van der Waals surface area (Å²) < 4.78 is 5.62. The number of hydrogen-bond donors (Lipinski definition) is 1. The third-order valence-corrected chi connectivity index (χ3v) is 6.19. The zero-order valence-electron chi connectivity index (χ0n) is 16.1. The highest BCUT2D eigenvalue weighted by molar-refractivity contribution is 6.53. The molecule has 1 N–H and O–H groups in total. The van der Waals surface area contributed by atoms with E-state index in [0.29, 0.717) is 17.9 Å². The second kappa shape index (κ2) is 7.78. The standard InChI is InChI=1S/C22H19Cl2N3O3/c1-21(14-22(21,23)24)20(29)30-13-19(28)25-18-12-17(15-8-4-2-5-9-15)26-27(18)16-10-6-3-7-11-16/h2-12H,13-14H2,1H3,(H,25,28). The molecule has 1 heterocycles. The van der Waals surface area contributed by atoms with Gasteiger partial charge < -0.3 is 10.1 Å². The molecule has 30 heavy (non-hydrogen) atoms. The van der Waals surface area contributed by atoms with E-state index in [1.54, 1.807) is 17.7 Å². The Bertz CT molecular complexity index is 1080. The van der Waals surface area contributed by atoms with E-state index in [1.807, 2.05) is 60.7 Å². The van der Waals surface area contributed by atoms with Crippen LogP contribution in [0.25, 0.3) is 16.9 Å². The molecule has 6 nitrogen and oxygen atoms in total. The number of halogens is 2. The molecule has 1 aromatic heterocycles. The number of nitrogens with one attached hydrogen (secondary N) is 1. The first-order valence-corrected chi connectivity index (χ1v) is 10.1. The van der Waals surface area contributed by atoms with Crippen LogP contribution in [0.4, 0.5) is 5.82 Å². The van der Waals surface area contributed by atoms with Crippen LogP contribution in [0.3, 0.4) is 0 Å². The Morgan fingerprint density at radius 2 is 1.70 bits per heavy atom. The Labute approximate surface area is 183 Å². The third-order valence-electron chi connectivity index (χ3n) is 5.09. The molecule has 1 saturated carbocycles. The second-order valence-electron chi connectivity index (χ2n) is 7.37. The van der Waals surface area contributed by atoms with Crippen molar-refractivity contribution in [3.8, 4) is 16.9 Å². The van der Waals surface area contributed by atoms with E-state index in [2.05, 4.69) is 10.4 Å². The van der Waals surface area contributed by atoms with Crippen molar-refractivity contribution in [3.05, 3.63) is 66.7 Å². The summed E-state index contributed by atoms with van der Waals surface area (Å²) in [5, 5.41) is 7.39. The van der Waals surface area contributed by atoms with Crippen molar-refractivity contribution in [2.75, 3.05) is 11.9 Å². The van der Waals surface area contributed by atoms with Gasteiger partial charge in [-0.2, -0.15) is 5.10 Å². The smallest absolute Gasteiger partial charge is 0.315 e. The Balaban J connectivity index is 1.52. The summed E-state index contributed by atoms with van der Waals surface area (Å²) in [6.45, 7) is 1.17. The first-order chi connectivity index (χ1) is 14.3. The molecule has 1 aliphatic carbocycles. The quantitative estimate of drug-likeness (QED) is 0.446. The van der Waals surface area contributed by atoms with Crippen LogP contribution in [-0.2, 0) is 14.3 Å². The maximum absolute atomic E-state index is 12.5. The van der Waals surface area contributed by atoms with Gasteiger partial charge in [-0.1, -0.05) is 48.5 Å². The molecule has 1 fully saturated rings. The molecule has 0 saturated heterocycles. The van der Waals surface area contributed by atoms with Crippen molar-refractivity contribution in [3.63, 3.8) is 0 Å². The van der Waals surface area contributed by atoms with Gasteiger partial charge in [-0.15, -0.1) is 23.2 Å². The Hall–Kier alpha value is -2.83. The van der Waals surface area contributed by atoms with E-state index in [9.17, 15) is 9.59 Å². The number of benzene rings is 2. The van der Waals surface area contributed by atoms with E-state index in [4.69, 9.17) is 27.9 Å². The number of rotatable bonds is 6. The second-order valence-corrected chi connectivity index (χ2v) is 8.85. The van der Waals surface area contributed by atoms with E-state index in [0.717, 1.165) is 11.3 Å². The van der Waals surface area contributed by atoms with Crippen LogP contribution in [0.1, 0.15) is 13.3 Å². The molecule has 0 spiro atoms. The largest absolute Gasteiger partial charge is 0.455 e. The number of ether oxygens (including phenoxy) is 1. The van der Waals surface area contributed by atoms with Gasteiger partial charge >= 0.3 is 5.97 Å². The van der Waals surface area contributed by atoms with Crippen LogP contribution >= 0.6 is 23.2 Å². The molecular weight excluding hydrogens is 425 g/mol. The number of esters is 1. The molecule has 1 unspecified atom stereocenters. The summed E-state index contributed by atoms with van der Waals surface area (Å²) in [6, 6.07) is 20.8. The van der Waals surface area contributed by atoms with Crippen LogP contribution in [0.2, 0.25) is 0 Å². The van der Waals surface area contributed by atoms with Crippen LogP contribution in [0, 0.1) is 5.41 Å². The summed E-state index contributed by atoms with van der Waals surface area (Å²) in [7, 11) is 0. The molecule has 154 valence electrons. The lowest BCUT2D eigenvalue weighted by molar-refractivity contribution is -0.152. The fraction of sp³-hybridized carbons (Fsp3) is 0.227. The molecule has 1 amide bonds. The summed E-state index contributed by atoms with van der Waals surface area (Å²) in [5.74, 6) is -0.619. The Kier molecular flexibility index (Phi) is 5.30. The number of carbonyl (C=O) groups is 2. The van der Waals surface area contributed by atoms with Gasteiger partial charge in [-0.25, -0.2) is 4.68 Å². The lowest BCUT2D eigenvalue weighted by Crippen LogP contribution is -2.27. The van der Waals surface area contributed by atoms with Crippen molar-refractivity contribution in [2.45, 2.75) is 17.7 Å². The van der Waals surface area contributed by atoms with Gasteiger partial charge in [-0.05, 0) is 19.1 Å². The highest BCUT2D eigenvalue weighted by Crippen LogP contribution is 2.64. The van der Waals surface area contributed by atoms with Crippen molar-refractivity contribution < 1.29 is 14.3 Å². The topological polar surface area (TPSA) is 73.2 Å². The summed E-state index contributed by atoms with van der Waals surface area (Å²) in [5.41, 5.74) is 1.41. The molecule has 0 bridgehead atoms.